The molecule has 0 bridgehead atoms. The van der Waals surface area contributed by atoms with Crippen LogP contribution >= 0.6 is 0 Å². The van der Waals surface area contributed by atoms with Gasteiger partial charge in [-0.3, -0.25) is 9.48 Å². The van der Waals surface area contributed by atoms with Crippen LogP contribution in [0.4, 0.5) is 0 Å². The zero-order chi connectivity index (χ0) is 17.3. The van der Waals surface area contributed by atoms with E-state index in [4.69, 9.17) is 5.73 Å². The number of carbonyl (C=O) groups is 1. The largest absolute Gasteiger partial charge is 0.344 e. The Labute approximate surface area is 141 Å². The maximum absolute atomic E-state index is 12.7. The molecule has 3 rings (SSSR count). The molecule has 1 heterocycles. The van der Waals surface area contributed by atoms with Crippen LogP contribution in [-0.4, -0.2) is 22.2 Å². The molecule has 2 aromatic carbocycles. The summed E-state index contributed by atoms with van der Waals surface area (Å²) in [5, 5.41) is 9.65. The van der Waals surface area contributed by atoms with E-state index in [0.717, 1.165) is 22.3 Å². The van der Waals surface area contributed by atoms with E-state index in [1.54, 1.807) is 4.68 Å². The molecule has 1 atom stereocenters. The van der Waals surface area contributed by atoms with Crippen molar-refractivity contribution in [2.45, 2.75) is 19.9 Å². The minimum atomic E-state index is -0.235. The van der Waals surface area contributed by atoms with Gasteiger partial charge in [0.05, 0.1) is 17.3 Å². The molecule has 3 N–H and O–H groups in total. The maximum Gasteiger partial charge on any atom is 0.255 e. The third-order valence-corrected chi connectivity index (χ3v) is 4.45. The normalized spacial score (nSPS) is 12.3. The summed E-state index contributed by atoms with van der Waals surface area (Å²) in [5.41, 5.74) is 9.12. The molecule has 5 heteroatoms. The van der Waals surface area contributed by atoms with E-state index in [9.17, 15) is 4.79 Å². The fourth-order valence-corrected chi connectivity index (χ4v) is 3.04. The Bertz CT molecular complexity index is 898. The number of aromatic nitrogens is 2. The highest BCUT2D eigenvalue weighted by molar-refractivity contribution is 5.96. The summed E-state index contributed by atoms with van der Waals surface area (Å²) in [6, 6.07) is 14.1. The monoisotopic (exact) mass is 322 g/mol. The summed E-state index contributed by atoms with van der Waals surface area (Å²) in [6.45, 7) is 4.07. The molecule has 1 unspecified atom stereocenters. The van der Waals surface area contributed by atoms with Crippen molar-refractivity contribution < 1.29 is 4.79 Å². The van der Waals surface area contributed by atoms with Gasteiger partial charge in [-0.1, -0.05) is 36.4 Å². The fourth-order valence-electron chi connectivity index (χ4n) is 3.04. The lowest BCUT2D eigenvalue weighted by atomic mass is 10.0. The zero-order valence-corrected chi connectivity index (χ0v) is 14.2. The summed E-state index contributed by atoms with van der Waals surface area (Å²) >= 11 is 0. The maximum atomic E-state index is 12.7. The number of hydrogen-bond acceptors (Lipinski definition) is 3. The Morgan fingerprint density at radius 2 is 1.92 bits per heavy atom. The van der Waals surface area contributed by atoms with Crippen molar-refractivity contribution in [1.82, 2.24) is 15.1 Å². The van der Waals surface area contributed by atoms with Crippen LogP contribution in [0.5, 0.6) is 0 Å². The first-order valence-electron chi connectivity index (χ1n) is 8.01. The van der Waals surface area contributed by atoms with Crippen LogP contribution in [0.2, 0.25) is 0 Å². The van der Waals surface area contributed by atoms with Gasteiger partial charge < -0.3 is 11.1 Å². The zero-order valence-electron chi connectivity index (χ0n) is 14.2. The second-order valence-electron chi connectivity index (χ2n) is 6.04. The predicted molar refractivity (Wildman–Crippen MR) is 95.9 cm³/mol. The molecule has 0 radical (unpaired) electrons. The van der Waals surface area contributed by atoms with Gasteiger partial charge in [-0.15, -0.1) is 0 Å². The molecule has 0 saturated heterocycles. The van der Waals surface area contributed by atoms with E-state index in [0.29, 0.717) is 12.1 Å². The molecule has 24 heavy (non-hydrogen) atoms. The van der Waals surface area contributed by atoms with Gasteiger partial charge in [-0.05, 0) is 36.2 Å². The molecule has 0 aliphatic rings. The molecule has 5 nitrogen and oxygen atoms in total. The second kappa shape index (κ2) is 6.45. The van der Waals surface area contributed by atoms with E-state index in [1.165, 1.54) is 5.39 Å². The van der Waals surface area contributed by atoms with Crippen molar-refractivity contribution in [2.75, 3.05) is 6.54 Å². The molecular formula is C19H22N4O. The number of nitrogens with zero attached hydrogens (tertiary/aromatic N) is 2. The molecule has 0 aliphatic heterocycles. The van der Waals surface area contributed by atoms with Crippen LogP contribution in [0.25, 0.3) is 10.8 Å². The van der Waals surface area contributed by atoms with Gasteiger partial charge in [0.15, 0.2) is 0 Å². The quantitative estimate of drug-likeness (QED) is 0.775. The number of benzene rings is 2. The molecule has 1 amide bonds. The molecule has 0 saturated carbocycles. The summed E-state index contributed by atoms with van der Waals surface area (Å²) in [5.74, 6) is -0.137. The number of rotatable bonds is 4. The van der Waals surface area contributed by atoms with Gasteiger partial charge in [0.2, 0.25) is 0 Å². The number of nitrogens with one attached hydrogen (secondary N) is 1. The number of fused-ring (bicyclic) bond motifs is 1. The summed E-state index contributed by atoms with van der Waals surface area (Å²) in [4.78, 5) is 12.7. The van der Waals surface area contributed by atoms with Crippen molar-refractivity contribution in [3.05, 3.63) is 65.0 Å². The first-order chi connectivity index (χ1) is 11.5. The molecule has 0 spiro atoms. The number of carbonyl (C=O) groups excluding carboxylic acids is 1. The van der Waals surface area contributed by atoms with Gasteiger partial charge in [-0.2, -0.15) is 5.10 Å². The van der Waals surface area contributed by atoms with Crippen LogP contribution in [0.15, 0.2) is 42.5 Å². The number of aryl methyl sites for hydroxylation is 2. The third kappa shape index (κ3) is 2.90. The van der Waals surface area contributed by atoms with Crippen molar-refractivity contribution in [3.63, 3.8) is 0 Å². The number of amides is 1. The van der Waals surface area contributed by atoms with E-state index in [1.807, 2.05) is 39.1 Å². The Morgan fingerprint density at radius 3 is 2.54 bits per heavy atom. The van der Waals surface area contributed by atoms with Crippen molar-refractivity contribution in [1.29, 1.82) is 0 Å². The summed E-state index contributed by atoms with van der Waals surface area (Å²) < 4.78 is 1.72. The Kier molecular flexibility index (Phi) is 4.36. The summed E-state index contributed by atoms with van der Waals surface area (Å²) in [7, 11) is 1.84. The number of hydrogen-bond donors (Lipinski definition) is 2. The Balaban J connectivity index is 1.89. The fraction of sp³-hybridized carbons (Fsp3) is 0.263. The first-order valence-corrected chi connectivity index (χ1v) is 8.01. The van der Waals surface area contributed by atoms with Crippen LogP contribution in [0.3, 0.4) is 0 Å². The minimum absolute atomic E-state index is 0.137. The van der Waals surface area contributed by atoms with Crippen LogP contribution in [-0.2, 0) is 7.05 Å². The topological polar surface area (TPSA) is 72.9 Å². The Morgan fingerprint density at radius 1 is 1.21 bits per heavy atom. The SMILES string of the molecule is Cc1nn(C)c(C)c1C(=O)NC(CN)c1ccc2ccccc2c1. The smallest absolute Gasteiger partial charge is 0.255 e. The highest BCUT2D eigenvalue weighted by Crippen LogP contribution is 2.21. The van der Waals surface area contributed by atoms with Crippen LogP contribution in [0, 0.1) is 13.8 Å². The van der Waals surface area contributed by atoms with E-state index >= 15 is 0 Å². The van der Waals surface area contributed by atoms with Crippen molar-refractivity contribution in [3.8, 4) is 0 Å². The Hall–Kier alpha value is -2.66. The molecule has 0 fully saturated rings. The van der Waals surface area contributed by atoms with Gasteiger partial charge >= 0.3 is 0 Å². The lowest BCUT2D eigenvalue weighted by Crippen LogP contribution is -2.34. The average molecular weight is 322 g/mol. The molecular weight excluding hydrogens is 300 g/mol. The van der Waals surface area contributed by atoms with E-state index < -0.39 is 0 Å². The predicted octanol–water partition coefficient (Wildman–Crippen LogP) is 2.62. The molecule has 124 valence electrons. The van der Waals surface area contributed by atoms with Gasteiger partial charge in [0, 0.05) is 19.3 Å². The highest BCUT2D eigenvalue weighted by Gasteiger charge is 2.20. The first kappa shape index (κ1) is 16.2. The average Bonchev–Trinajstić information content (AvgIpc) is 2.84. The van der Waals surface area contributed by atoms with E-state index in [-0.39, 0.29) is 11.9 Å². The minimum Gasteiger partial charge on any atom is -0.344 e. The van der Waals surface area contributed by atoms with Gasteiger partial charge in [0.25, 0.3) is 5.91 Å². The standard InChI is InChI=1S/C19H22N4O/c1-12-18(13(2)23(3)22-12)19(24)21-17(11-20)16-9-8-14-6-4-5-7-15(14)10-16/h4-10,17H,11,20H2,1-3H3,(H,21,24). The molecule has 0 aliphatic carbocycles. The molecule has 3 aromatic rings. The molecule has 1 aromatic heterocycles. The van der Waals surface area contributed by atoms with Gasteiger partial charge in [0.1, 0.15) is 0 Å². The lowest BCUT2D eigenvalue weighted by molar-refractivity contribution is 0.0936. The third-order valence-electron chi connectivity index (χ3n) is 4.45. The van der Waals surface area contributed by atoms with E-state index in [2.05, 4.69) is 34.7 Å². The lowest BCUT2D eigenvalue weighted by Gasteiger charge is -2.18. The van der Waals surface area contributed by atoms with Crippen LogP contribution < -0.4 is 11.1 Å². The summed E-state index contributed by atoms with van der Waals surface area (Å²) in [6.07, 6.45) is 0. The van der Waals surface area contributed by atoms with Crippen molar-refractivity contribution >= 4 is 16.7 Å². The van der Waals surface area contributed by atoms with Gasteiger partial charge in [-0.25, -0.2) is 0 Å². The van der Waals surface area contributed by atoms with Crippen molar-refractivity contribution in [2.24, 2.45) is 12.8 Å². The van der Waals surface area contributed by atoms with Crippen LogP contribution in [0.1, 0.15) is 33.4 Å². The second-order valence-corrected chi connectivity index (χ2v) is 6.04. The highest BCUT2D eigenvalue weighted by atomic mass is 16.1. The number of nitrogens with two attached hydrogens (primary N) is 1.